The molecule has 1 amide bonds. The molecule has 0 saturated carbocycles. The highest BCUT2D eigenvalue weighted by atomic mass is 16.5. The van der Waals surface area contributed by atoms with E-state index in [1.807, 2.05) is 20.8 Å². The Kier molecular flexibility index (Phi) is 9.95. The van der Waals surface area contributed by atoms with Crippen LogP contribution in [0.1, 0.15) is 56.9 Å². The molecule has 38 heavy (non-hydrogen) atoms. The molecule has 4 atom stereocenters. The number of Topliss-reactive ketones (excluding diaryl/α,β-unsaturated/α-hetero) is 2. The largest absolute Gasteiger partial charge is 0.457 e. The van der Waals surface area contributed by atoms with E-state index in [9.17, 15) is 24.3 Å². The number of carbonyl (C=O) groups excluding carboxylic acids is 4. The van der Waals surface area contributed by atoms with Crippen molar-refractivity contribution in [3.63, 3.8) is 0 Å². The summed E-state index contributed by atoms with van der Waals surface area (Å²) < 4.78 is 11.1. The van der Waals surface area contributed by atoms with Gasteiger partial charge in [0.2, 0.25) is 17.6 Å². The van der Waals surface area contributed by atoms with E-state index in [4.69, 9.17) is 9.15 Å². The van der Waals surface area contributed by atoms with Gasteiger partial charge in [0.05, 0.1) is 18.6 Å². The molecular weight excluding hydrogens is 490 g/mol. The smallest absolute Gasteiger partial charge is 0.354 e. The van der Waals surface area contributed by atoms with Crippen LogP contribution in [0.4, 0.5) is 0 Å². The first-order valence-corrected chi connectivity index (χ1v) is 12.7. The third-order valence-corrected chi connectivity index (χ3v) is 6.21. The average Bonchev–Trinajstić information content (AvgIpc) is 3.52. The SMILES string of the molecule is CC1=C\[C@H](O)CC(=O)Cc2nc(co2)C(=O)C2CC=C(N2)C(=O)O[C@H](C(C)C)[C@@H](C)/C=C/C(=O)NC\C=C\1. The van der Waals surface area contributed by atoms with E-state index in [1.54, 1.807) is 37.3 Å². The quantitative estimate of drug-likeness (QED) is 0.470. The minimum atomic E-state index is -1.01. The number of esters is 1. The number of ketones is 2. The molecule has 0 saturated heterocycles. The molecule has 3 N–H and O–H groups in total. The number of nitrogens with zero attached hydrogens (tertiary/aromatic N) is 1. The van der Waals surface area contributed by atoms with Gasteiger partial charge in [0.1, 0.15) is 29.5 Å². The van der Waals surface area contributed by atoms with Crippen LogP contribution in [0.2, 0.25) is 0 Å². The van der Waals surface area contributed by atoms with Crippen LogP contribution in [0, 0.1) is 11.8 Å². The van der Waals surface area contributed by atoms with Crippen molar-refractivity contribution in [3.05, 3.63) is 65.6 Å². The van der Waals surface area contributed by atoms with E-state index in [2.05, 4.69) is 15.6 Å². The third kappa shape index (κ3) is 8.11. The van der Waals surface area contributed by atoms with Gasteiger partial charge in [0.25, 0.3) is 0 Å². The number of oxazole rings is 1. The number of rotatable bonds is 1. The van der Waals surface area contributed by atoms with Crippen LogP contribution >= 0.6 is 0 Å². The average molecular weight is 526 g/mol. The van der Waals surface area contributed by atoms with Crippen molar-refractivity contribution in [2.75, 3.05) is 6.54 Å². The summed E-state index contributed by atoms with van der Waals surface area (Å²) in [7, 11) is 0. The Morgan fingerprint density at radius 3 is 2.66 bits per heavy atom. The van der Waals surface area contributed by atoms with Crippen molar-refractivity contribution in [3.8, 4) is 0 Å². The lowest BCUT2D eigenvalue weighted by atomic mass is 9.94. The maximum Gasteiger partial charge on any atom is 0.354 e. The molecule has 0 aliphatic carbocycles. The van der Waals surface area contributed by atoms with Gasteiger partial charge in [-0.25, -0.2) is 9.78 Å². The predicted molar refractivity (Wildman–Crippen MR) is 139 cm³/mol. The van der Waals surface area contributed by atoms with Crippen molar-refractivity contribution in [2.45, 2.75) is 65.2 Å². The summed E-state index contributed by atoms with van der Waals surface area (Å²) in [5.74, 6) is -1.77. The molecule has 2 aliphatic heterocycles. The molecule has 1 aromatic rings. The first kappa shape index (κ1) is 28.8. The minimum absolute atomic E-state index is 0.0241. The number of nitrogens with one attached hydrogen (secondary N) is 2. The van der Waals surface area contributed by atoms with E-state index in [0.29, 0.717) is 0 Å². The zero-order valence-electron chi connectivity index (χ0n) is 22.1. The monoisotopic (exact) mass is 525 g/mol. The number of aliphatic hydroxyl groups is 1. The van der Waals surface area contributed by atoms with Gasteiger partial charge in [-0.1, -0.05) is 56.7 Å². The lowest BCUT2D eigenvalue weighted by Gasteiger charge is -2.26. The Labute approximate surface area is 221 Å². The number of allylic oxidation sites excluding steroid dienone is 2. The van der Waals surface area contributed by atoms with Gasteiger partial charge in [0, 0.05) is 18.9 Å². The number of fused-ring (bicyclic) bond motifs is 4. The molecule has 1 aromatic heterocycles. The van der Waals surface area contributed by atoms with E-state index >= 15 is 0 Å². The summed E-state index contributed by atoms with van der Waals surface area (Å²) in [5.41, 5.74) is 0.947. The van der Waals surface area contributed by atoms with Crippen molar-refractivity contribution in [1.82, 2.24) is 15.6 Å². The number of cyclic esters (lactones) is 1. The first-order chi connectivity index (χ1) is 18.0. The standard InChI is InChI=1S/C28H35N3O7/c1-16(2)27-18(4)7-10-24(34)29-11-5-6-17(3)12-19(32)13-20(33)14-25-31-23(15-37-25)26(35)21-8-9-22(30-21)28(36)38-27/h5-7,9-10,12,15-16,18-19,21,27,30,32H,8,11,13-14H2,1-4H3,(H,29,34)/b6-5+,10-7+,17-12+/t18-,19-,21?,27+/m0/s1. The number of aliphatic hydroxyl groups excluding tert-OH is 1. The van der Waals surface area contributed by atoms with E-state index in [1.165, 1.54) is 12.3 Å². The molecule has 0 aromatic carbocycles. The van der Waals surface area contributed by atoms with Crippen LogP contribution in [0.5, 0.6) is 0 Å². The molecule has 10 nitrogen and oxygen atoms in total. The molecule has 0 radical (unpaired) electrons. The van der Waals surface area contributed by atoms with Crippen molar-refractivity contribution in [2.24, 2.45) is 11.8 Å². The van der Waals surface area contributed by atoms with Gasteiger partial charge in [-0.05, 0) is 25.3 Å². The predicted octanol–water partition coefficient (Wildman–Crippen LogP) is 2.36. The lowest BCUT2D eigenvalue weighted by molar-refractivity contribution is -0.148. The number of hydrogen-bond donors (Lipinski definition) is 3. The summed E-state index contributed by atoms with van der Waals surface area (Å²) in [5, 5.41) is 15.9. The topological polar surface area (TPSA) is 148 Å². The molecule has 1 unspecified atom stereocenters. The number of aromatic nitrogens is 1. The van der Waals surface area contributed by atoms with Crippen LogP contribution in [0.25, 0.3) is 0 Å². The molecule has 3 heterocycles. The van der Waals surface area contributed by atoms with Gasteiger partial charge < -0.3 is 24.9 Å². The van der Waals surface area contributed by atoms with Gasteiger partial charge in [-0.3, -0.25) is 14.4 Å². The summed E-state index contributed by atoms with van der Waals surface area (Å²) in [6.45, 7) is 7.75. The van der Waals surface area contributed by atoms with E-state index in [0.717, 1.165) is 5.57 Å². The van der Waals surface area contributed by atoms with Crippen LogP contribution in [0.3, 0.4) is 0 Å². The Balaban J connectivity index is 1.80. The summed E-state index contributed by atoms with van der Waals surface area (Å²) in [6.07, 6.45) is 9.35. The maximum atomic E-state index is 12.9. The summed E-state index contributed by atoms with van der Waals surface area (Å²) in [6, 6.07) is -0.724. The zero-order valence-corrected chi connectivity index (χ0v) is 22.1. The van der Waals surface area contributed by atoms with Crippen LogP contribution < -0.4 is 10.6 Å². The summed E-state index contributed by atoms with van der Waals surface area (Å²) in [4.78, 5) is 54.5. The Hall–Kier alpha value is -3.79. The third-order valence-electron chi connectivity index (χ3n) is 6.21. The molecule has 4 bridgehead atoms. The summed E-state index contributed by atoms with van der Waals surface area (Å²) >= 11 is 0. The van der Waals surface area contributed by atoms with Crippen LogP contribution in [0.15, 0.2) is 58.4 Å². The molecular formula is C28H35N3O7. The fourth-order valence-electron chi connectivity index (χ4n) is 4.28. The van der Waals surface area contributed by atoms with Gasteiger partial charge in [-0.2, -0.15) is 0 Å². The second-order valence-electron chi connectivity index (χ2n) is 9.92. The molecule has 0 fully saturated rings. The van der Waals surface area contributed by atoms with Crippen molar-refractivity contribution < 1.29 is 33.4 Å². The maximum absolute atomic E-state index is 12.9. The number of hydrogen-bond acceptors (Lipinski definition) is 9. The molecule has 10 heteroatoms. The minimum Gasteiger partial charge on any atom is -0.457 e. The number of ether oxygens (including phenoxy) is 1. The molecule has 0 spiro atoms. The number of amides is 1. The zero-order chi connectivity index (χ0) is 27.8. The van der Waals surface area contributed by atoms with Gasteiger partial charge in [-0.15, -0.1) is 0 Å². The van der Waals surface area contributed by atoms with Gasteiger partial charge in [0.15, 0.2) is 0 Å². The normalized spacial score (nSPS) is 29.3. The highest BCUT2D eigenvalue weighted by molar-refractivity contribution is 6.00. The fraction of sp³-hybridized carbons (Fsp3) is 0.464. The Morgan fingerprint density at radius 2 is 1.92 bits per heavy atom. The molecule has 3 rings (SSSR count). The second-order valence-corrected chi connectivity index (χ2v) is 9.92. The number of carbonyl (C=O) groups is 4. The van der Waals surface area contributed by atoms with E-state index < -0.39 is 24.2 Å². The van der Waals surface area contributed by atoms with Gasteiger partial charge >= 0.3 is 5.97 Å². The Morgan fingerprint density at radius 1 is 1.16 bits per heavy atom. The molecule has 204 valence electrons. The fourth-order valence-corrected chi connectivity index (χ4v) is 4.28. The second kappa shape index (κ2) is 13.1. The van der Waals surface area contributed by atoms with Crippen molar-refractivity contribution >= 4 is 23.4 Å². The van der Waals surface area contributed by atoms with Crippen LogP contribution in [-0.2, 0) is 25.5 Å². The first-order valence-electron chi connectivity index (χ1n) is 12.7. The molecule has 2 aliphatic rings. The highest BCUT2D eigenvalue weighted by Gasteiger charge is 2.32. The Bertz CT molecular complexity index is 1170. The van der Waals surface area contributed by atoms with E-state index in [-0.39, 0.29) is 72.4 Å². The van der Waals surface area contributed by atoms with Crippen LogP contribution in [-0.4, -0.2) is 58.3 Å². The highest BCUT2D eigenvalue weighted by Crippen LogP contribution is 2.22. The van der Waals surface area contributed by atoms with Crippen molar-refractivity contribution in [1.29, 1.82) is 0 Å². The lowest BCUT2D eigenvalue weighted by Crippen LogP contribution is -2.36.